The molecule has 1 aromatic rings. The Morgan fingerprint density at radius 3 is 2.61 bits per heavy atom. The summed E-state index contributed by atoms with van der Waals surface area (Å²) in [5.74, 6) is 0. The van der Waals surface area contributed by atoms with E-state index >= 15 is 0 Å². The molecule has 2 rings (SSSR count). The fourth-order valence-corrected chi connectivity index (χ4v) is 3.60. The van der Waals surface area contributed by atoms with Crippen LogP contribution in [0.25, 0.3) is 0 Å². The number of benzene rings is 1. The maximum Gasteiger partial charge on any atom is 0.0410 e. The van der Waals surface area contributed by atoms with Crippen molar-refractivity contribution >= 4 is 33.2 Å². The molecule has 1 saturated carbocycles. The SMILES string of the molecule is CCN(c1ccc(Cl)cc1CBr)C1CCCCC1. The minimum Gasteiger partial charge on any atom is -0.369 e. The summed E-state index contributed by atoms with van der Waals surface area (Å²) in [6.45, 7) is 3.33. The van der Waals surface area contributed by atoms with Gasteiger partial charge in [0.25, 0.3) is 0 Å². The number of anilines is 1. The predicted molar refractivity (Wildman–Crippen MR) is 84.0 cm³/mol. The van der Waals surface area contributed by atoms with Crippen LogP contribution in [0.1, 0.15) is 44.6 Å². The van der Waals surface area contributed by atoms with Crippen LogP contribution in [0.2, 0.25) is 5.02 Å². The number of alkyl halides is 1. The molecule has 0 unspecified atom stereocenters. The van der Waals surface area contributed by atoms with Crippen molar-refractivity contribution in [3.63, 3.8) is 0 Å². The largest absolute Gasteiger partial charge is 0.369 e. The molecule has 1 fully saturated rings. The molecular weight excluding hydrogens is 310 g/mol. The van der Waals surface area contributed by atoms with Crippen LogP contribution in [0.3, 0.4) is 0 Å². The quantitative estimate of drug-likeness (QED) is 0.669. The fourth-order valence-electron chi connectivity index (χ4n) is 2.96. The lowest BCUT2D eigenvalue weighted by Crippen LogP contribution is -2.37. The Hall–Kier alpha value is -0.210. The first kappa shape index (κ1) is 14.2. The fraction of sp³-hybridized carbons (Fsp3) is 0.600. The Labute approximate surface area is 124 Å². The van der Waals surface area contributed by atoms with Gasteiger partial charge in [-0.1, -0.05) is 46.8 Å². The smallest absolute Gasteiger partial charge is 0.0410 e. The molecule has 1 nitrogen and oxygen atoms in total. The average Bonchev–Trinajstić information content (AvgIpc) is 2.42. The standard InChI is InChI=1S/C15H21BrClN/c1-2-18(14-6-4-3-5-7-14)15-9-8-13(17)10-12(15)11-16/h8-10,14H,2-7,11H2,1H3. The zero-order valence-corrected chi connectivity index (χ0v) is 13.3. The van der Waals surface area contributed by atoms with E-state index in [0.29, 0.717) is 6.04 Å². The monoisotopic (exact) mass is 329 g/mol. The van der Waals surface area contributed by atoms with Crippen molar-refractivity contribution in [1.29, 1.82) is 0 Å². The van der Waals surface area contributed by atoms with E-state index in [1.54, 1.807) is 0 Å². The molecule has 0 aliphatic heterocycles. The van der Waals surface area contributed by atoms with Gasteiger partial charge < -0.3 is 4.90 Å². The summed E-state index contributed by atoms with van der Waals surface area (Å²) in [6.07, 6.45) is 6.81. The molecule has 1 aliphatic rings. The van der Waals surface area contributed by atoms with E-state index in [9.17, 15) is 0 Å². The van der Waals surface area contributed by atoms with Gasteiger partial charge in [-0.2, -0.15) is 0 Å². The van der Waals surface area contributed by atoms with E-state index < -0.39 is 0 Å². The third-order valence-electron chi connectivity index (χ3n) is 3.85. The molecule has 0 amide bonds. The second-order valence-electron chi connectivity index (χ2n) is 4.98. The summed E-state index contributed by atoms with van der Waals surface area (Å²) in [5, 5.41) is 1.69. The maximum atomic E-state index is 6.09. The Morgan fingerprint density at radius 2 is 2.00 bits per heavy atom. The number of rotatable bonds is 4. The topological polar surface area (TPSA) is 3.24 Å². The van der Waals surface area contributed by atoms with Crippen molar-refractivity contribution in [3.05, 3.63) is 28.8 Å². The first-order valence-electron chi connectivity index (χ1n) is 6.87. The first-order valence-corrected chi connectivity index (χ1v) is 8.37. The summed E-state index contributed by atoms with van der Waals surface area (Å²) < 4.78 is 0. The van der Waals surface area contributed by atoms with Gasteiger partial charge in [0.2, 0.25) is 0 Å². The molecule has 0 N–H and O–H groups in total. The summed E-state index contributed by atoms with van der Waals surface area (Å²) in [4.78, 5) is 2.56. The lowest BCUT2D eigenvalue weighted by molar-refractivity contribution is 0.418. The molecule has 0 radical (unpaired) electrons. The first-order chi connectivity index (χ1) is 8.76. The van der Waals surface area contributed by atoms with Crippen LogP contribution in [-0.2, 0) is 5.33 Å². The van der Waals surface area contributed by atoms with Crippen LogP contribution in [0.5, 0.6) is 0 Å². The van der Waals surface area contributed by atoms with E-state index in [2.05, 4.69) is 39.9 Å². The zero-order valence-electron chi connectivity index (χ0n) is 11.0. The molecule has 18 heavy (non-hydrogen) atoms. The van der Waals surface area contributed by atoms with Gasteiger partial charge in [0.1, 0.15) is 0 Å². The molecule has 0 bridgehead atoms. The second kappa shape index (κ2) is 6.81. The van der Waals surface area contributed by atoms with Crippen LogP contribution in [0.15, 0.2) is 18.2 Å². The van der Waals surface area contributed by atoms with E-state index in [-0.39, 0.29) is 0 Å². The van der Waals surface area contributed by atoms with Gasteiger partial charge in [-0.25, -0.2) is 0 Å². The number of hydrogen-bond acceptors (Lipinski definition) is 1. The highest BCUT2D eigenvalue weighted by Crippen LogP contribution is 2.32. The Bertz CT molecular complexity index is 388. The molecule has 1 aromatic carbocycles. The van der Waals surface area contributed by atoms with Crippen LogP contribution in [-0.4, -0.2) is 12.6 Å². The highest BCUT2D eigenvalue weighted by atomic mass is 79.9. The third kappa shape index (κ3) is 3.21. The van der Waals surface area contributed by atoms with E-state index in [0.717, 1.165) is 16.9 Å². The summed E-state index contributed by atoms with van der Waals surface area (Å²) in [6, 6.07) is 6.98. The molecule has 1 aliphatic carbocycles. The van der Waals surface area contributed by atoms with Gasteiger partial charge >= 0.3 is 0 Å². The molecule has 0 spiro atoms. The zero-order chi connectivity index (χ0) is 13.0. The predicted octanol–water partition coefficient (Wildman–Crippen LogP) is 5.39. The third-order valence-corrected chi connectivity index (χ3v) is 4.69. The van der Waals surface area contributed by atoms with Crippen molar-refractivity contribution < 1.29 is 0 Å². The minimum atomic E-state index is 0.711. The van der Waals surface area contributed by atoms with E-state index in [4.69, 9.17) is 11.6 Å². The Morgan fingerprint density at radius 1 is 1.28 bits per heavy atom. The summed E-state index contributed by atoms with van der Waals surface area (Å²) >= 11 is 9.67. The lowest BCUT2D eigenvalue weighted by atomic mass is 9.93. The van der Waals surface area contributed by atoms with Crippen molar-refractivity contribution in [1.82, 2.24) is 0 Å². The normalized spacial score (nSPS) is 16.8. The van der Waals surface area contributed by atoms with Gasteiger partial charge in [-0.15, -0.1) is 0 Å². The Balaban J connectivity index is 2.25. The van der Waals surface area contributed by atoms with Gasteiger partial charge in [0, 0.05) is 28.6 Å². The minimum absolute atomic E-state index is 0.711. The highest BCUT2D eigenvalue weighted by Gasteiger charge is 2.21. The van der Waals surface area contributed by atoms with Crippen molar-refractivity contribution in [2.45, 2.75) is 50.4 Å². The van der Waals surface area contributed by atoms with Gasteiger partial charge in [0.05, 0.1) is 0 Å². The Kier molecular flexibility index (Phi) is 5.38. The van der Waals surface area contributed by atoms with Crippen molar-refractivity contribution in [3.8, 4) is 0 Å². The van der Waals surface area contributed by atoms with E-state index in [1.165, 1.54) is 43.4 Å². The van der Waals surface area contributed by atoms with Gasteiger partial charge in [-0.3, -0.25) is 0 Å². The molecule has 0 heterocycles. The molecule has 0 saturated heterocycles. The molecular formula is C15H21BrClN. The van der Waals surface area contributed by atoms with Crippen molar-refractivity contribution in [2.24, 2.45) is 0 Å². The molecule has 0 aromatic heterocycles. The molecule has 0 atom stereocenters. The lowest BCUT2D eigenvalue weighted by Gasteiger charge is -2.36. The van der Waals surface area contributed by atoms with Crippen LogP contribution < -0.4 is 4.90 Å². The van der Waals surface area contributed by atoms with Gasteiger partial charge in [-0.05, 0) is 43.5 Å². The highest BCUT2D eigenvalue weighted by molar-refractivity contribution is 9.08. The van der Waals surface area contributed by atoms with Crippen LogP contribution >= 0.6 is 27.5 Å². The summed E-state index contributed by atoms with van der Waals surface area (Å²) in [7, 11) is 0. The van der Waals surface area contributed by atoms with Crippen LogP contribution in [0, 0.1) is 0 Å². The average molecular weight is 331 g/mol. The van der Waals surface area contributed by atoms with E-state index in [1.807, 2.05) is 6.07 Å². The molecule has 100 valence electrons. The summed E-state index contributed by atoms with van der Waals surface area (Å²) in [5.41, 5.74) is 2.65. The van der Waals surface area contributed by atoms with Crippen LogP contribution in [0.4, 0.5) is 5.69 Å². The number of halogens is 2. The molecule has 3 heteroatoms. The van der Waals surface area contributed by atoms with Gasteiger partial charge in [0.15, 0.2) is 0 Å². The number of hydrogen-bond donors (Lipinski definition) is 0. The second-order valence-corrected chi connectivity index (χ2v) is 5.98. The maximum absolute atomic E-state index is 6.09. The number of nitrogens with zero attached hydrogens (tertiary/aromatic N) is 1. The van der Waals surface area contributed by atoms with Crippen molar-refractivity contribution in [2.75, 3.05) is 11.4 Å².